The van der Waals surface area contributed by atoms with Crippen LogP contribution in [0.25, 0.3) is 11.0 Å². The SMILES string of the molecule is CCc1nc2ccc(C(=O)O)cc2n1CC1CCCC1C. The molecule has 1 aromatic heterocycles. The van der Waals surface area contributed by atoms with E-state index in [0.29, 0.717) is 11.5 Å². The Hall–Kier alpha value is -1.84. The molecule has 3 rings (SSSR count). The molecule has 1 N–H and O–H groups in total. The molecule has 4 nitrogen and oxygen atoms in total. The summed E-state index contributed by atoms with van der Waals surface area (Å²) in [6.07, 6.45) is 4.75. The van der Waals surface area contributed by atoms with E-state index in [9.17, 15) is 9.90 Å². The molecule has 2 atom stereocenters. The monoisotopic (exact) mass is 286 g/mol. The highest BCUT2D eigenvalue weighted by Gasteiger charge is 2.25. The minimum absolute atomic E-state index is 0.339. The Labute approximate surface area is 124 Å². The van der Waals surface area contributed by atoms with E-state index >= 15 is 0 Å². The Morgan fingerprint density at radius 2 is 2.24 bits per heavy atom. The number of imidazole rings is 1. The Balaban J connectivity index is 2.05. The van der Waals surface area contributed by atoms with Crippen molar-refractivity contribution in [1.82, 2.24) is 9.55 Å². The molecule has 1 aliphatic carbocycles. The molecule has 4 heteroatoms. The van der Waals surface area contributed by atoms with Gasteiger partial charge < -0.3 is 9.67 Å². The third-order valence-corrected chi connectivity index (χ3v) is 4.85. The summed E-state index contributed by atoms with van der Waals surface area (Å²) in [5.74, 6) is 1.61. The van der Waals surface area contributed by atoms with Crippen LogP contribution in [0, 0.1) is 11.8 Å². The summed E-state index contributed by atoms with van der Waals surface area (Å²) in [5, 5.41) is 9.20. The number of nitrogens with zero attached hydrogens (tertiary/aromatic N) is 2. The maximum atomic E-state index is 11.2. The summed E-state index contributed by atoms with van der Waals surface area (Å²) in [5.41, 5.74) is 2.21. The second-order valence-corrected chi connectivity index (χ2v) is 6.17. The number of carbonyl (C=O) groups is 1. The Kier molecular flexibility index (Phi) is 3.70. The number of benzene rings is 1. The van der Waals surface area contributed by atoms with Crippen molar-refractivity contribution in [1.29, 1.82) is 0 Å². The summed E-state index contributed by atoms with van der Waals surface area (Å²) >= 11 is 0. The number of aryl methyl sites for hydroxylation is 1. The van der Waals surface area contributed by atoms with Crippen molar-refractivity contribution in [2.75, 3.05) is 0 Å². The van der Waals surface area contributed by atoms with Gasteiger partial charge in [-0.25, -0.2) is 9.78 Å². The summed E-state index contributed by atoms with van der Waals surface area (Å²) in [7, 11) is 0. The van der Waals surface area contributed by atoms with Crippen LogP contribution >= 0.6 is 0 Å². The number of aromatic nitrogens is 2. The van der Waals surface area contributed by atoms with E-state index < -0.39 is 5.97 Å². The Bertz CT molecular complexity index is 675. The van der Waals surface area contributed by atoms with Gasteiger partial charge in [-0.15, -0.1) is 0 Å². The minimum atomic E-state index is -0.878. The van der Waals surface area contributed by atoms with Gasteiger partial charge in [0, 0.05) is 13.0 Å². The first kappa shape index (κ1) is 14.1. The molecule has 0 saturated heterocycles. The van der Waals surface area contributed by atoms with Gasteiger partial charge in [0.2, 0.25) is 0 Å². The van der Waals surface area contributed by atoms with Crippen LogP contribution in [-0.2, 0) is 13.0 Å². The lowest BCUT2D eigenvalue weighted by Gasteiger charge is -2.18. The lowest BCUT2D eigenvalue weighted by atomic mass is 9.98. The van der Waals surface area contributed by atoms with Gasteiger partial charge in [0.15, 0.2) is 0 Å². The van der Waals surface area contributed by atoms with Gasteiger partial charge in [-0.3, -0.25) is 0 Å². The highest BCUT2D eigenvalue weighted by Crippen LogP contribution is 2.33. The average Bonchev–Trinajstić information content (AvgIpc) is 3.03. The zero-order chi connectivity index (χ0) is 15.0. The van der Waals surface area contributed by atoms with E-state index in [1.165, 1.54) is 19.3 Å². The lowest BCUT2D eigenvalue weighted by Crippen LogP contribution is -2.15. The molecule has 1 aromatic carbocycles. The molecule has 0 radical (unpaired) electrons. The van der Waals surface area contributed by atoms with Crippen LogP contribution in [0.4, 0.5) is 0 Å². The number of carboxylic acids is 1. The highest BCUT2D eigenvalue weighted by atomic mass is 16.4. The van der Waals surface area contributed by atoms with Crippen molar-refractivity contribution >= 4 is 17.0 Å². The molecule has 1 fully saturated rings. The molecular formula is C17H22N2O2. The topological polar surface area (TPSA) is 55.1 Å². The quantitative estimate of drug-likeness (QED) is 0.931. The largest absolute Gasteiger partial charge is 0.478 e. The predicted octanol–water partition coefficient (Wildman–Crippen LogP) is 3.73. The van der Waals surface area contributed by atoms with Crippen LogP contribution < -0.4 is 0 Å². The van der Waals surface area contributed by atoms with Gasteiger partial charge in [0.1, 0.15) is 5.82 Å². The smallest absolute Gasteiger partial charge is 0.335 e. The van der Waals surface area contributed by atoms with Crippen molar-refractivity contribution in [2.45, 2.75) is 46.1 Å². The Morgan fingerprint density at radius 1 is 1.43 bits per heavy atom. The predicted molar refractivity (Wildman–Crippen MR) is 82.6 cm³/mol. The molecule has 1 saturated carbocycles. The summed E-state index contributed by atoms with van der Waals surface area (Å²) in [4.78, 5) is 15.9. The minimum Gasteiger partial charge on any atom is -0.478 e. The van der Waals surface area contributed by atoms with E-state index in [0.717, 1.165) is 35.7 Å². The standard InChI is InChI=1S/C17H22N2O2/c1-3-16-18-14-8-7-12(17(20)21)9-15(14)19(16)10-13-6-4-5-11(13)2/h7-9,11,13H,3-6,10H2,1-2H3,(H,20,21). The van der Waals surface area contributed by atoms with Crippen LogP contribution in [-0.4, -0.2) is 20.6 Å². The normalized spacial score (nSPS) is 22.0. The third kappa shape index (κ3) is 2.55. The molecule has 0 aliphatic heterocycles. The number of carboxylic acid groups (broad SMARTS) is 1. The van der Waals surface area contributed by atoms with Crippen molar-refractivity contribution in [2.24, 2.45) is 11.8 Å². The number of fused-ring (bicyclic) bond motifs is 1. The first-order valence-corrected chi connectivity index (χ1v) is 7.82. The molecule has 0 spiro atoms. The zero-order valence-electron chi connectivity index (χ0n) is 12.7. The molecular weight excluding hydrogens is 264 g/mol. The van der Waals surface area contributed by atoms with E-state index in [-0.39, 0.29) is 0 Å². The second kappa shape index (κ2) is 5.51. The lowest BCUT2D eigenvalue weighted by molar-refractivity contribution is 0.0697. The van der Waals surface area contributed by atoms with Crippen LogP contribution in [0.5, 0.6) is 0 Å². The van der Waals surface area contributed by atoms with E-state index in [1.54, 1.807) is 12.1 Å². The van der Waals surface area contributed by atoms with Crippen LogP contribution in [0.2, 0.25) is 0 Å². The number of aromatic carboxylic acids is 1. The van der Waals surface area contributed by atoms with Crippen LogP contribution in [0.1, 0.15) is 49.3 Å². The van der Waals surface area contributed by atoms with Gasteiger partial charge in [-0.05, 0) is 36.5 Å². The van der Waals surface area contributed by atoms with Crippen molar-refractivity contribution < 1.29 is 9.90 Å². The maximum absolute atomic E-state index is 11.2. The van der Waals surface area contributed by atoms with Crippen molar-refractivity contribution in [3.8, 4) is 0 Å². The number of rotatable bonds is 4. The third-order valence-electron chi connectivity index (χ3n) is 4.85. The maximum Gasteiger partial charge on any atom is 0.335 e. The van der Waals surface area contributed by atoms with Gasteiger partial charge in [-0.2, -0.15) is 0 Å². The average molecular weight is 286 g/mol. The fraction of sp³-hybridized carbons (Fsp3) is 0.529. The molecule has 0 amide bonds. The Morgan fingerprint density at radius 3 is 2.86 bits per heavy atom. The van der Waals surface area contributed by atoms with Crippen LogP contribution in [0.3, 0.4) is 0 Å². The van der Waals surface area contributed by atoms with Gasteiger partial charge in [0.05, 0.1) is 16.6 Å². The van der Waals surface area contributed by atoms with Crippen molar-refractivity contribution in [3.63, 3.8) is 0 Å². The number of hydrogen-bond donors (Lipinski definition) is 1. The summed E-state index contributed by atoms with van der Waals surface area (Å²) in [6, 6.07) is 5.23. The molecule has 21 heavy (non-hydrogen) atoms. The first-order chi connectivity index (χ1) is 10.1. The van der Waals surface area contributed by atoms with Crippen LogP contribution in [0.15, 0.2) is 18.2 Å². The van der Waals surface area contributed by atoms with Crippen molar-refractivity contribution in [3.05, 3.63) is 29.6 Å². The summed E-state index contributed by atoms with van der Waals surface area (Å²) in [6.45, 7) is 5.39. The fourth-order valence-electron chi connectivity index (χ4n) is 3.51. The summed E-state index contributed by atoms with van der Waals surface area (Å²) < 4.78 is 2.24. The second-order valence-electron chi connectivity index (χ2n) is 6.17. The van der Waals surface area contributed by atoms with E-state index in [2.05, 4.69) is 23.4 Å². The van der Waals surface area contributed by atoms with E-state index in [1.807, 2.05) is 6.07 Å². The first-order valence-electron chi connectivity index (χ1n) is 7.82. The number of hydrogen-bond acceptors (Lipinski definition) is 2. The highest BCUT2D eigenvalue weighted by molar-refractivity contribution is 5.92. The molecule has 1 heterocycles. The molecule has 0 bridgehead atoms. The van der Waals surface area contributed by atoms with Gasteiger partial charge in [-0.1, -0.05) is 26.7 Å². The zero-order valence-corrected chi connectivity index (χ0v) is 12.7. The molecule has 1 aliphatic rings. The van der Waals surface area contributed by atoms with E-state index in [4.69, 9.17) is 0 Å². The van der Waals surface area contributed by atoms with Gasteiger partial charge in [0.25, 0.3) is 0 Å². The molecule has 112 valence electrons. The van der Waals surface area contributed by atoms with Gasteiger partial charge >= 0.3 is 5.97 Å². The molecule has 2 aromatic rings. The molecule has 2 unspecified atom stereocenters. The fourth-order valence-corrected chi connectivity index (χ4v) is 3.51.